The second kappa shape index (κ2) is 7.85. The minimum atomic E-state index is -0.255. The Morgan fingerprint density at radius 2 is 2.05 bits per heavy atom. The molecule has 1 fully saturated rings. The van der Waals surface area contributed by atoms with Gasteiger partial charge < -0.3 is 10.1 Å². The number of rotatable bonds is 6. The van der Waals surface area contributed by atoms with Gasteiger partial charge in [-0.15, -0.1) is 0 Å². The minimum Gasteiger partial charge on any atom is -0.491 e. The Morgan fingerprint density at radius 3 is 2.79 bits per heavy atom. The highest BCUT2D eigenvalue weighted by molar-refractivity contribution is 9.10. The van der Waals surface area contributed by atoms with E-state index in [2.05, 4.69) is 21.2 Å². The molecule has 1 saturated carbocycles. The summed E-state index contributed by atoms with van der Waals surface area (Å²) >= 11 is 3.29. The maximum atomic E-state index is 12.9. The predicted octanol–water partition coefficient (Wildman–Crippen LogP) is 4.14. The van der Waals surface area contributed by atoms with Crippen LogP contribution in [0.4, 0.5) is 4.39 Å². The molecule has 0 amide bonds. The number of nitrogens with one attached hydrogen (secondary N) is 1. The van der Waals surface area contributed by atoms with E-state index in [1.165, 1.54) is 44.2 Å². The van der Waals surface area contributed by atoms with E-state index in [4.69, 9.17) is 4.74 Å². The normalized spacial score (nSPS) is 16.5. The highest BCUT2D eigenvalue weighted by atomic mass is 79.9. The van der Waals surface area contributed by atoms with Gasteiger partial charge in [0.1, 0.15) is 18.2 Å². The summed E-state index contributed by atoms with van der Waals surface area (Å²) < 4.78 is 19.2. The monoisotopic (exact) mass is 329 g/mol. The molecule has 2 rings (SSSR count). The Hall–Kier alpha value is -0.610. The summed E-state index contributed by atoms with van der Waals surface area (Å²) in [5.74, 6) is 1.28. The van der Waals surface area contributed by atoms with E-state index < -0.39 is 0 Å². The quantitative estimate of drug-likeness (QED) is 0.792. The van der Waals surface area contributed by atoms with Crippen LogP contribution >= 0.6 is 15.9 Å². The Balaban J connectivity index is 1.61. The van der Waals surface area contributed by atoms with Crippen LogP contribution < -0.4 is 10.1 Å². The van der Waals surface area contributed by atoms with Crippen molar-refractivity contribution >= 4 is 15.9 Å². The van der Waals surface area contributed by atoms with E-state index in [0.29, 0.717) is 16.8 Å². The van der Waals surface area contributed by atoms with Crippen LogP contribution in [0.25, 0.3) is 0 Å². The molecule has 1 aromatic rings. The molecule has 4 heteroatoms. The summed E-state index contributed by atoms with van der Waals surface area (Å²) in [6, 6.07) is 4.49. The molecule has 106 valence electrons. The molecule has 0 spiro atoms. The van der Waals surface area contributed by atoms with Gasteiger partial charge in [-0.3, -0.25) is 0 Å². The van der Waals surface area contributed by atoms with Crippen LogP contribution in [0.15, 0.2) is 22.7 Å². The van der Waals surface area contributed by atoms with Gasteiger partial charge in [0, 0.05) is 6.54 Å². The topological polar surface area (TPSA) is 21.3 Å². The van der Waals surface area contributed by atoms with E-state index in [9.17, 15) is 4.39 Å². The molecule has 0 bridgehead atoms. The molecule has 0 saturated heterocycles. The fourth-order valence-electron chi connectivity index (χ4n) is 2.52. The Labute approximate surface area is 122 Å². The van der Waals surface area contributed by atoms with E-state index in [1.54, 1.807) is 6.07 Å². The number of benzene rings is 1. The highest BCUT2D eigenvalue weighted by Crippen LogP contribution is 2.25. The summed E-state index contributed by atoms with van der Waals surface area (Å²) in [4.78, 5) is 0. The van der Waals surface area contributed by atoms with E-state index in [1.807, 2.05) is 0 Å². The maximum absolute atomic E-state index is 12.9. The summed E-state index contributed by atoms with van der Waals surface area (Å²) in [6.07, 6.45) is 6.88. The standard InChI is InChI=1S/C15H21BrFNO/c16-14-10-13(17)6-7-15(14)19-9-8-18-11-12-4-2-1-3-5-12/h6-7,10,12,18H,1-5,8-9,11H2. The molecule has 0 radical (unpaired) electrons. The van der Waals surface area contributed by atoms with Crippen molar-refractivity contribution in [1.82, 2.24) is 5.32 Å². The number of halogens is 2. The van der Waals surface area contributed by atoms with Crippen LogP contribution in [0.2, 0.25) is 0 Å². The molecular formula is C15H21BrFNO. The first-order valence-corrected chi connectivity index (χ1v) is 7.83. The Bertz CT molecular complexity index is 394. The fraction of sp³-hybridized carbons (Fsp3) is 0.600. The fourth-order valence-corrected chi connectivity index (χ4v) is 2.99. The van der Waals surface area contributed by atoms with Gasteiger partial charge in [-0.05, 0) is 59.4 Å². The first-order valence-electron chi connectivity index (χ1n) is 7.04. The van der Waals surface area contributed by atoms with Gasteiger partial charge in [0.25, 0.3) is 0 Å². The predicted molar refractivity (Wildman–Crippen MR) is 79.0 cm³/mol. The molecule has 2 nitrogen and oxygen atoms in total. The highest BCUT2D eigenvalue weighted by Gasteiger charge is 2.12. The maximum Gasteiger partial charge on any atom is 0.133 e. The van der Waals surface area contributed by atoms with Crippen LogP contribution in [-0.2, 0) is 0 Å². The summed E-state index contributed by atoms with van der Waals surface area (Å²) in [5, 5.41) is 3.44. The molecule has 19 heavy (non-hydrogen) atoms. The molecule has 0 unspecified atom stereocenters. The summed E-state index contributed by atoms with van der Waals surface area (Å²) in [7, 11) is 0. The van der Waals surface area contributed by atoms with Gasteiger partial charge in [0.15, 0.2) is 0 Å². The van der Waals surface area contributed by atoms with Crippen LogP contribution in [0.1, 0.15) is 32.1 Å². The minimum absolute atomic E-state index is 0.255. The Morgan fingerprint density at radius 1 is 1.26 bits per heavy atom. The van der Waals surface area contributed by atoms with Gasteiger partial charge >= 0.3 is 0 Å². The zero-order valence-corrected chi connectivity index (χ0v) is 12.7. The van der Waals surface area contributed by atoms with Crippen molar-refractivity contribution < 1.29 is 9.13 Å². The first kappa shape index (κ1) is 14.8. The van der Waals surface area contributed by atoms with E-state index in [0.717, 1.165) is 19.0 Å². The average molecular weight is 330 g/mol. The van der Waals surface area contributed by atoms with Crippen LogP contribution in [0.5, 0.6) is 5.75 Å². The second-order valence-corrected chi connectivity index (χ2v) is 5.99. The van der Waals surface area contributed by atoms with E-state index >= 15 is 0 Å². The molecule has 1 aliphatic rings. The van der Waals surface area contributed by atoms with Crippen LogP contribution in [0, 0.1) is 11.7 Å². The number of ether oxygens (including phenoxy) is 1. The first-order chi connectivity index (χ1) is 9.25. The molecule has 1 aromatic carbocycles. The molecular weight excluding hydrogens is 309 g/mol. The number of hydrogen-bond acceptors (Lipinski definition) is 2. The second-order valence-electron chi connectivity index (χ2n) is 5.13. The Kier molecular flexibility index (Phi) is 6.11. The van der Waals surface area contributed by atoms with Crippen molar-refractivity contribution in [3.8, 4) is 5.75 Å². The lowest BCUT2D eigenvalue weighted by molar-refractivity contribution is 0.293. The third-order valence-corrected chi connectivity index (χ3v) is 4.21. The van der Waals surface area contributed by atoms with Gasteiger partial charge in [-0.25, -0.2) is 4.39 Å². The molecule has 0 aliphatic heterocycles. The van der Waals surface area contributed by atoms with Gasteiger partial charge in [0.2, 0.25) is 0 Å². The summed E-state index contributed by atoms with van der Waals surface area (Å²) in [5.41, 5.74) is 0. The van der Waals surface area contributed by atoms with Gasteiger partial charge in [-0.2, -0.15) is 0 Å². The lowest BCUT2D eigenvalue weighted by Crippen LogP contribution is -2.28. The molecule has 0 heterocycles. The van der Waals surface area contributed by atoms with Crippen LogP contribution in [0.3, 0.4) is 0 Å². The third kappa shape index (κ3) is 5.11. The smallest absolute Gasteiger partial charge is 0.133 e. The largest absolute Gasteiger partial charge is 0.491 e. The SMILES string of the molecule is Fc1ccc(OCCNCC2CCCCC2)c(Br)c1. The zero-order chi connectivity index (χ0) is 13.5. The molecule has 0 aromatic heterocycles. The van der Waals surface area contributed by atoms with Crippen LogP contribution in [-0.4, -0.2) is 19.7 Å². The van der Waals surface area contributed by atoms with E-state index in [-0.39, 0.29) is 5.82 Å². The van der Waals surface area contributed by atoms with Crippen molar-refractivity contribution in [3.05, 3.63) is 28.5 Å². The third-order valence-electron chi connectivity index (χ3n) is 3.59. The molecule has 1 N–H and O–H groups in total. The van der Waals surface area contributed by atoms with Crippen molar-refractivity contribution in [2.75, 3.05) is 19.7 Å². The van der Waals surface area contributed by atoms with Crippen molar-refractivity contribution in [1.29, 1.82) is 0 Å². The van der Waals surface area contributed by atoms with Gasteiger partial charge in [-0.1, -0.05) is 19.3 Å². The number of hydrogen-bond donors (Lipinski definition) is 1. The zero-order valence-electron chi connectivity index (χ0n) is 11.1. The van der Waals surface area contributed by atoms with Crippen molar-refractivity contribution in [2.24, 2.45) is 5.92 Å². The van der Waals surface area contributed by atoms with Gasteiger partial charge in [0.05, 0.1) is 4.47 Å². The summed E-state index contributed by atoms with van der Waals surface area (Å²) in [6.45, 7) is 2.53. The van der Waals surface area contributed by atoms with Crippen molar-refractivity contribution in [3.63, 3.8) is 0 Å². The lowest BCUT2D eigenvalue weighted by atomic mass is 9.89. The van der Waals surface area contributed by atoms with Crippen molar-refractivity contribution in [2.45, 2.75) is 32.1 Å². The molecule has 1 aliphatic carbocycles. The lowest BCUT2D eigenvalue weighted by Gasteiger charge is -2.21. The molecule has 0 atom stereocenters. The average Bonchev–Trinajstić information content (AvgIpc) is 2.42.